The summed E-state index contributed by atoms with van der Waals surface area (Å²) in [6, 6.07) is 4.42. The number of hydrogen-bond donors (Lipinski definition) is 3. The van der Waals surface area contributed by atoms with Crippen molar-refractivity contribution in [2.24, 2.45) is 0 Å². The Labute approximate surface area is 166 Å². The van der Waals surface area contributed by atoms with Gasteiger partial charge in [-0.2, -0.15) is 4.98 Å². The predicted molar refractivity (Wildman–Crippen MR) is 113 cm³/mol. The number of aromatic nitrogens is 2. The Kier molecular flexibility index (Phi) is 4.98. The van der Waals surface area contributed by atoms with Crippen molar-refractivity contribution in [3.8, 4) is 5.75 Å². The number of nitrogens with one attached hydrogen (secondary N) is 3. The highest BCUT2D eigenvalue weighted by Crippen LogP contribution is 2.46. The van der Waals surface area contributed by atoms with Crippen LogP contribution in [0.5, 0.6) is 5.75 Å². The van der Waals surface area contributed by atoms with Crippen LogP contribution in [0.4, 0.5) is 17.5 Å². The van der Waals surface area contributed by atoms with Gasteiger partial charge in [-0.25, -0.2) is 4.98 Å². The zero-order valence-corrected chi connectivity index (χ0v) is 17.0. The minimum absolute atomic E-state index is 0.262. The molecule has 28 heavy (non-hydrogen) atoms. The third-order valence-corrected chi connectivity index (χ3v) is 5.89. The molecule has 4 rings (SSSR count). The van der Waals surface area contributed by atoms with E-state index in [9.17, 15) is 0 Å². The molecule has 0 unspecified atom stereocenters. The first-order valence-electron chi connectivity index (χ1n) is 9.96. The maximum absolute atomic E-state index is 5.74. The number of nitrogens with zero attached hydrogens (tertiary/aromatic N) is 2. The predicted octanol–water partition coefficient (Wildman–Crippen LogP) is 4.40. The van der Waals surface area contributed by atoms with Crippen molar-refractivity contribution < 1.29 is 4.74 Å². The zero-order chi connectivity index (χ0) is 19.7. The Bertz CT molecular complexity index is 902. The van der Waals surface area contributed by atoms with Crippen molar-refractivity contribution in [1.29, 1.82) is 0 Å². The second kappa shape index (κ2) is 7.43. The Morgan fingerprint density at radius 1 is 1.29 bits per heavy atom. The van der Waals surface area contributed by atoms with Crippen molar-refractivity contribution >= 4 is 17.5 Å². The van der Waals surface area contributed by atoms with Gasteiger partial charge in [0.15, 0.2) is 0 Å². The molecular weight excluding hydrogens is 350 g/mol. The van der Waals surface area contributed by atoms with E-state index < -0.39 is 0 Å². The maximum atomic E-state index is 5.74. The zero-order valence-electron chi connectivity index (χ0n) is 17.0. The van der Waals surface area contributed by atoms with Crippen molar-refractivity contribution in [3.63, 3.8) is 0 Å². The van der Waals surface area contributed by atoms with Gasteiger partial charge in [0, 0.05) is 36.0 Å². The van der Waals surface area contributed by atoms with E-state index in [2.05, 4.69) is 44.6 Å². The molecule has 2 heterocycles. The number of anilines is 3. The van der Waals surface area contributed by atoms with Crippen LogP contribution >= 0.6 is 0 Å². The first-order valence-corrected chi connectivity index (χ1v) is 9.96. The summed E-state index contributed by atoms with van der Waals surface area (Å²) < 4.78 is 5.74. The first kappa shape index (κ1) is 18.7. The fourth-order valence-electron chi connectivity index (χ4n) is 4.51. The minimum Gasteiger partial charge on any atom is -0.495 e. The number of ether oxygens (including phenoxy) is 1. The Hall–Kier alpha value is -2.60. The lowest BCUT2D eigenvalue weighted by atomic mass is 9.74. The van der Waals surface area contributed by atoms with Gasteiger partial charge in [-0.1, -0.05) is 19.4 Å². The van der Waals surface area contributed by atoms with Crippen LogP contribution in [0.25, 0.3) is 0 Å². The third kappa shape index (κ3) is 3.44. The van der Waals surface area contributed by atoms with Crippen molar-refractivity contribution in [2.45, 2.75) is 51.5 Å². The van der Waals surface area contributed by atoms with Crippen LogP contribution in [0.15, 0.2) is 30.6 Å². The lowest BCUT2D eigenvalue weighted by molar-refractivity contribution is 0.370. The molecule has 0 saturated heterocycles. The molecule has 0 amide bonds. The molecule has 0 atom stereocenters. The van der Waals surface area contributed by atoms with Crippen LogP contribution in [0.1, 0.15) is 49.3 Å². The summed E-state index contributed by atoms with van der Waals surface area (Å²) >= 11 is 0. The molecular formula is C22H29N5O. The number of methoxy groups -OCH3 is 1. The average molecular weight is 380 g/mol. The summed E-state index contributed by atoms with van der Waals surface area (Å²) in [7, 11) is 1.72. The van der Waals surface area contributed by atoms with E-state index >= 15 is 0 Å². The summed E-state index contributed by atoms with van der Waals surface area (Å²) in [5.41, 5.74) is 5.75. The molecule has 148 valence electrons. The van der Waals surface area contributed by atoms with E-state index in [4.69, 9.17) is 4.74 Å². The molecule has 1 aliphatic carbocycles. The SMILES string of the molecule is C=C(C)Nc1nc(Nc2cc3c(cc2OC)C2(CCCC2)CNC3)ncc1C. The summed E-state index contributed by atoms with van der Waals surface area (Å²) in [5, 5.41) is 10.2. The van der Waals surface area contributed by atoms with E-state index in [1.165, 1.54) is 36.8 Å². The van der Waals surface area contributed by atoms with E-state index in [0.717, 1.165) is 41.6 Å². The molecule has 1 saturated carbocycles. The van der Waals surface area contributed by atoms with Crippen LogP contribution in [-0.2, 0) is 12.0 Å². The number of rotatable bonds is 5. The molecule has 6 heteroatoms. The van der Waals surface area contributed by atoms with Crippen LogP contribution in [0.3, 0.4) is 0 Å². The van der Waals surface area contributed by atoms with Crippen molar-refractivity contribution in [3.05, 3.63) is 47.3 Å². The van der Waals surface area contributed by atoms with E-state index in [1.807, 2.05) is 13.8 Å². The highest BCUT2D eigenvalue weighted by Gasteiger charge is 2.39. The van der Waals surface area contributed by atoms with E-state index in [0.29, 0.717) is 5.95 Å². The number of benzene rings is 1. The van der Waals surface area contributed by atoms with Crippen molar-refractivity contribution in [2.75, 3.05) is 24.3 Å². The van der Waals surface area contributed by atoms with Gasteiger partial charge in [-0.15, -0.1) is 0 Å². The number of aryl methyl sites for hydroxylation is 1. The molecule has 2 aromatic rings. The number of fused-ring (bicyclic) bond motifs is 2. The summed E-state index contributed by atoms with van der Waals surface area (Å²) in [6.45, 7) is 9.72. The summed E-state index contributed by atoms with van der Waals surface area (Å²) in [5.74, 6) is 2.13. The van der Waals surface area contributed by atoms with Crippen molar-refractivity contribution in [1.82, 2.24) is 15.3 Å². The van der Waals surface area contributed by atoms with Gasteiger partial charge >= 0.3 is 0 Å². The topological polar surface area (TPSA) is 71.1 Å². The van der Waals surface area contributed by atoms with Gasteiger partial charge in [0.1, 0.15) is 11.6 Å². The molecule has 1 aromatic carbocycles. The van der Waals surface area contributed by atoms with E-state index in [-0.39, 0.29) is 5.41 Å². The Balaban J connectivity index is 1.68. The molecule has 0 radical (unpaired) electrons. The second-order valence-electron chi connectivity index (χ2n) is 8.06. The van der Waals surface area contributed by atoms with Crippen LogP contribution in [0.2, 0.25) is 0 Å². The lowest BCUT2D eigenvalue weighted by Gasteiger charge is -2.37. The number of allylic oxidation sites excluding steroid dienone is 1. The van der Waals surface area contributed by atoms with Gasteiger partial charge < -0.3 is 20.7 Å². The second-order valence-corrected chi connectivity index (χ2v) is 8.06. The van der Waals surface area contributed by atoms with Crippen LogP contribution in [0, 0.1) is 6.92 Å². The maximum Gasteiger partial charge on any atom is 0.229 e. The molecule has 0 bridgehead atoms. The third-order valence-electron chi connectivity index (χ3n) is 5.89. The number of hydrogen-bond acceptors (Lipinski definition) is 6. The van der Waals surface area contributed by atoms with Gasteiger partial charge in [0.2, 0.25) is 5.95 Å². The summed E-state index contributed by atoms with van der Waals surface area (Å²) in [4.78, 5) is 9.04. The largest absolute Gasteiger partial charge is 0.495 e. The Morgan fingerprint density at radius 3 is 2.79 bits per heavy atom. The molecule has 6 nitrogen and oxygen atoms in total. The highest BCUT2D eigenvalue weighted by atomic mass is 16.5. The normalized spacial score (nSPS) is 17.2. The fraction of sp³-hybridized carbons (Fsp3) is 0.455. The van der Waals surface area contributed by atoms with E-state index in [1.54, 1.807) is 13.3 Å². The average Bonchev–Trinajstić information content (AvgIpc) is 3.13. The molecule has 2 aliphatic rings. The molecule has 1 aromatic heterocycles. The van der Waals surface area contributed by atoms with Gasteiger partial charge in [0.05, 0.1) is 12.8 Å². The monoisotopic (exact) mass is 379 g/mol. The fourth-order valence-corrected chi connectivity index (χ4v) is 4.51. The molecule has 1 aliphatic heterocycles. The summed E-state index contributed by atoms with van der Waals surface area (Å²) in [6.07, 6.45) is 6.92. The standard InChI is InChI=1S/C22H29N5O/c1-14(2)25-20-15(3)11-24-21(27-20)26-18-9-16-12-23-13-22(7-5-6-8-22)17(16)10-19(18)28-4/h9-11,23H,1,5-8,12-13H2,2-4H3,(H2,24,25,26,27). The highest BCUT2D eigenvalue weighted by molar-refractivity contribution is 5.67. The van der Waals surface area contributed by atoms with Crippen LogP contribution in [-0.4, -0.2) is 23.6 Å². The van der Waals surface area contributed by atoms with Gasteiger partial charge in [0.25, 0.3) is 0 Å². The lowest BCUT2D eigenvalue weighted by Crippen LogP contribution is -2.41. The van der Waals surface area contributed by atoms with Gasteiger partial charge in [-0.05, 0) is 49.9 Å². The molecule has 1 fully saturated rings. The first-order chi connectivity index (χ1) is 13.5. The molecule has 3 N–H and O–H groups in total. The van der Waals surface area contributed by atoms with Crippen LogP contribution < -0.4 is 20.7 Å². The van der Waals surface area contributed by atoms with Gasteiger partial charge in [-0.3, -0.25) is 0 Å². The Morgan fingerprint density at radius 2 is 2.07 bits per heavy atom. The minimum atomic E-state index is 0.262. The molecule has 1 spiro atoms. The smallest absolute Gasteiger partial charge is 0.229 e. The quantitative estimate of drug-likeness (QED) is 0.715.